The number of carbonyl (C=O) groups excluding carboxylic acids is 6. The van der Waals surface area contributed by atoms with Crippen LogP contribution in [0.4, 0.5) is 0 Å². The van der Waals surface area contributed by atoms with Crippen molar-refractivity contribution in [2.24, 2.45) is 5.92 Å². The minimum absolute atomic E-state index is 0.136. The van der Waals surface area contributed by atoms with E-state index < -0.39 is 36.2 Å². The minimum Gasteiger partial charge on any atom is -0.479 e. The van der Waals surface area contributed by atoms with Gasteiger partial charge < -0.3 is 38.0 Å². The van der Waals surface area contributed by atoms with Crippen molar-refractivity contribution < 1.29 is 57.2 Å². The lowest BCUT2D eigenvalue weighted by molar-refractivity contribution is -0.152. The number of hydrogen-bond donors (Lipinski definition) is 0. The molecule has 0 amide bonds. The molecule has 0 unspecified atom stereocenters. The summed E-state index contributed by atoms with van der Waals surface area (Å²) >= 11 is 0. The van der Waals surface area contributed by atoms with E-state index >= 15 is 0 Å². The standard InChI is InChI=1S/C20H20O4.C19H18O4.C17H22O4/c1-2-13-23-20(22)19(15-16-7-4-3-5-8-16)24-18-10-6-9-17(14-18)11-12-21;1-2-12-22-19(21)18(13-15-6-4-3-5-7-15)23-17-10-8-16(14-20)9-11-17;1-4-10-20-17(19)16(11-13(2)3)21-15-7-5-6-14(12-15)8-9-18/h2-10,12,14,19H,1,11,13,15H2;2-11,14,18H,1,12-13H2;4-7,9,12-13,16H,1,8,10-11H2,2-3H3/t19-;18-;16-/m111/s1. The Morgan fingerprint density at radius 2 is 0.853 bits per heavy atom. The Kier molecular flexibility index (Phi) is 25.6. The Hall–Kier alpha value is -7.86. The first-order chi connectivity index (χ1) is 33.0. The third-order valence-corrected chi connectivity index (χ3v) is 9.32. The molecule has 0 saturated heterocycles. The molecule has 0 heterocycles. The van der Waals surface area contributed by atoms with Gasteiger partial charge in [0.2, 0.25) is 0 Å². The highest BCUT2D eigenvalue weighted by molar-refractivity contribution is 5.77. The van der Waals surface area contributed by atoms with Crippen molar-refractivity contribution in [1.29, 1.82) is 0 Å². The Balaban J connectivity index is 0.000000271. The fourth-order valence-electron chi connectivity index (χ4n) is 6.13. The summed E-state index contributed by atoms with van der Waals surface area (Å²) in [5, 5.41) is 0. The monoisotopic (exact) mass is 924 g/mol. The molecule has 5 aromatic carbocycles. The lowest BCUT2D eigenvalue weighted by Crippen LogP contribution is -2.31. The predicted molar refractivity (Wildman–Crippen MR) is 261 cm³/mol. The largest absolute Gasteiger partial charge is 0.479 e. The highest BCUT2D eigenvalue weighted by Gasteiger charge is 2.25. The molecule has 12 nitrogen and oxygen atoms in total. The summed E-state index contributed by atoms with van der Waals surface area (Å²) in [6.07, 6.45) is 6.78. The highest BCUT2D eigenvalue weighted by Crippen LogP contribution is 2.21. The van der Waals surface area contributed by atoms with Gasteiger partial charge >= 0.3 is 17.9 Å². The fourth-order valence-corrected chi connectivity index (χ4v) is 6.13. The second-order valence-electron chi connectivity index (χ2n) is 15.3. The molecule has 5 rings (SSSR count). The van der Waals surface area contributed by atoms with Gasteiger partial charge in [-0.15, -0.1) is 0 Å². The number of hydrogen-bond acceptors (Lipinski definition) is 12. The van der Waals surface area contributed by atoms with Gasteiger partial charge in [0, 0.05) is 31.2 Å². The molecule has 0 fully saturated rings. The van der Waals surface area contributed by atoms with Gasteiger partial charge in [0.25, 0.3) is 0 Å². The average molecular weight is 925 g/mol. The molecular weight excluding hydrogens is 865 g/mol. The molecule has 0 aliphatic carbocycles. The molecule has 68 heavy (non-hydrogen) atoms. The van der Waals surface area contributed by atoms with E-state index in [0.717, 1.165) is 41.1 Å². The quantitative estimate of drug-likeness (QED) is 0.0224. The summed E-state index contributed by atoms with van der Waals surface area (Å²) in [5.74, 6) is 0.607. The Labute approximate surface area is 399 Å². The van der Waals surface area contributed by atoms with Gasteiger partial charge in [-0.25, -0.2) is 14.4 Å². The Morgan fingerprint density at radius 3 is 1.24 bits per heavy atom. The van der Waals surface area contributed by atoms with E-state index in [9.17, 15) is 28.8 Å². The molecule has 0 radical (unpaired) electrons. The molecule has 5 aromatic rings. The zero-order valence-electron chi connectivity index (χ0n) is 38.7. The topological polar surface area (TPSA) is 158 Å². The van der Waals surface area contributed by atoms with Crippen molar-refractivity contribution in [3.63, 3.8) is 0 Å². The van der Waals surface area contributed by atoms with Crippen LogP contribution in [0.3, 0.4) is 0 Å². The van der Waals surface area contributed by atoms with Gasteiger partial charge in [0.1, 0.15) is 55.9 Å². The second-order valence-corrected chi connectivity index (χ2v) is 15.3. The van der Waals surface area contributed by atoms with E-state index in [2.05, 4.69) is 19.7 Å². The number of ether oxygens (including phenoxy) is 6. The molecule has 3 atom stereocenters. The SMILES string of the molecule is C=CCOC(=O)[C@@H](CC(C)C)Oc1cccc(CC=O)c1.C=CCOC(=O)[C@@H](Cc1ccccc1)Oc1ccc(C=O)cc1.C=CCOC(=O)[C@@H](Cc1ccccc1)Oc1cccc(CC=O)c1. The van der Waals surface area contributed by atoms with Gasteiger partial charge in [0.05, 0.1) is 0 Å². The maximum absolute atomic E-state index is 12.3. The van der Waals surface area contributed by atoms with Gasteiger partial charge in [-0.3, -0.25) is 4.79 Å². The van der Waals surface area contributed by atoms with Crippen molar-refractivity contribution in [2.75, 3.05) is 19.8 Å². The summed E-state index contributed by atoms with van der Waals surface area (Å²) in [6.45, 7) is 15.1. The molecule has 0 aromatic heterocycles. The third kappa shape index (κ3) is 21.4. The van der Waals surface area contributed by atoms with Crippen LogP contribution in [0.1, 0.15) is 52.9 Å². The molecule has 0 bridgehead atoms. The zero-order chi connectivity index (χ0) is 49.4. The Bertz CT molecular complexity index is 2320. The lowest BCUT2D eigenvalue weighted by Gasteiger charge is -2.19. The van der Waals surface area contributed by atoms with Crippen molar-refractivity contribution in [3.05, 3.63) is 199 Å². The fraction of sp³-hybridized carbons (Fsp3) is 0.250. The van der Waals surface area contributed by atoms with Crippen LogP contribution < -0.4 is 14.2 Å². The van der Waals surface area contributed by atoms with E-state index in [1.807, 2.05) is 86.6 Å². The van der Waals surface area contributed by atoms with Crippen LogP contribution in [0, 0.1) is 5.92 Å². The van der Waals surface area contributed by atoms with Crippen LogP contribution in [-0.2, 0) is 63.9 Å². The van der Waals surface area contributed by atoms with E-state index in [1.165, 1.54) is 18.2 Å². The van der Waals surface area contributed by atoms with Gasteiger partial charge in [-0.2, -0.15) is 0 Å². The van der Waals surface area contributed by atoms with Crippen molar-refractivity contribution in [1.82, 2.24) is 0 Å². The van der Waals surface area contributed by atoms with E-state index in [4.69, 9.17) is 28.4 Å². The second kappa shape index (κ2) is 31.9. The number of esters is 3. The van der Waals surface area contributed by atoms with Gasteiger partial charge in [-0.1, -0.05) is 137 Å². The normalized spacial score (nSPS) is 11.5. The zero-order valence-corrected chi connectivity index (χ0v) is 38.7. The maximum Gasteiger partial charge on any atom is 0.347 e. The van der Waals surface area contributed by atoms with Crippen LogP contribution in [0.2, 0.25) is 0 Å². The summed E-state index contributed by atoms with van der Waals surface area (Å²) < 4.78 is 32.6. The number of aldehydes is 3. The van der Waals surface area contributed by atoms with Crippen LogP contribution in [0.25, 0.3) is 0 Å². The Morgan fingerprint density at radius 1 is 0.471 bits per heavy atom. The summed E-state index contributed by atoms with van der Waals surface area (Å²) in [5.41, 5.74) is 4.18. The minimum atomic E-state index is -0.765. The molecule has 356 valence electrons. The van der Waals surface area contributed by atoms with E-state index in [1.54, 1.807) is 60.7 Å². The average Bonchev–Trinajstić information content (AvgIpc) is 3.35. The highest BCUT2D eigenvalue weighted by atomic mass is 16.6. The molecule has 0 saturated carbocycles. The number of carbonyl (C=O) groups is 6. The molecular formula is C56H60O12. The molecule has 12 heteroatoms. The summed E-state index contributed by atoms with van der Waals surface area (Å²) in [4.78, 5) is 68.3. The van der Waals surface area contributed by atoms with Crippen LogP contribution in [-0.4, -0.2) is 74.9 Å². The van der Waals surface area contributed by atoms with Crippen molar-refractivity contribution in [2.45, 2.75) is 64.3 Å². The van der Waals surface area contributed by atoms with E-state index in [-0.39, 0.29) is 19.8 Å². The smallest absolute Gasteiger partial charge is 0.347 e. The molecule has 0 aliphatic rings. The molecule has 0 spiro atoms. The van der Waals surface area contributed by atoms with Crippen molar-refractivity contribution in [3.8, 4) is 17.2 Å². The van der Waals surface area contributed by atoms with Crippen LogP contribution in [0.15, 0.2) is 171 Å². The lowest BCUT2D eigenvalue weighted by atomic mass is 10.1. The first-order valence-electron chi connectivity index (χ1n) is 22.0. The van der Waals surface area contributed by atoms with E-state index in [0.29, 0.717) is 60.8 Å². The predicted octanol–water partition coefficient (Wildman–Crippen LogP) is 9.32. The first kappa shape index (κ1) is 54.5. The van der Waals surface area contributed by atoms with Gasteiger partial charge in [0.15, 0.2) is 18.3 Å². The number of benzene rings is 5. The summed E-state index contributed by atoms with van der Waals surface area (Å²) in [6, 6.07) is 40.1. The number of rotatable bonds is 26. The van der Waals surface area contributed by atoms with Crippen LogP contribution >= 0.6 is 0 Å². The molecule has 0 N–H and O–H groups in total. The maximum atomic E-state index is 12.3. The molecule has 0 aliphatic heterocycles. The van der Waals surface area contributed by atoms with Gasteiger partial charge in [-0.05, 0) is 83.1 Å². The van der Waals surface area contributed by atoms with Crippen LogP contribution in [0.5, 0.6) is 17.2 Å². The van der Waals surface area contributed by atoms with Crippen molar-refractivity contribution >= 4 is 36.8 Å². The third-order valence-electron chi connectivity index (χ3n) is 9.32. The first-order valence-corrected chi connectivity index (χ1v) is 22.0. The summed E-state index contributed by atoms with van der Waals surface area (Å²) in [7, 11) is 0.